The Morgan fingerprint density at radius 2 is 2.10 bits per heavy atom. The van der Waals surface area contributed by atoms with Gasteiger partial charge in [0.2, 0.25) is 0 Å². The van der Waals surface area contributed by atoms with Crippen LogP contribution in [0.15, 0.2) is 42.7 Å². The van der Waals surface area contributed by atoms with Crippen molar-refractivity contribution in [2.45, 2.75) is 32.4 Å². The number of hydrogen-bond donors (Lipinski definition) is 0. The van der Waals surface area contributed by atoms with Crippen LogP contribution in [-0.4, -0.2) is 26.8 Å². The van der Waals surface area contributed by atoms with E-state index in [-0.39, 0.29) is 5.91 Å². The Morgan fingerprint density at radius 3 is 2.70 bits per heavy atom. The van der Waals surface area contributed by atoms with Gasteiger partial charge in [0.1, 0.15) is 0 Å². The predicted octanol–water partition coefficient (Wildman–Crippen LogP) is 2.59. The van der Waals surface area contributed by atoms with Crippen molar-refractivity contribution in [1.82, 2.24) is 14.9 Å². The fourth-order valence-electron chi connectivity index (χ4n) is 2.18. The summed E-state index contributed by atoms with van der Waals surface area (Å²) in [5.74, 6) is 0.0469. The Hall–Kier alpha value is -2.23. The average molecular weight is 267 g/mol. The van der Waals surface area contributed by atoms with Crippen LogP contribution in [0.25, 0.3) is 0 Å². The zero-order valence-corrected chi connectivity index (χ0v) is 11.5. The first-order valence-corrected chi connectivity index (χ1v) is 6.87. The van der Waals surface area contributed by atoms with Gasteiger partial charge in [0.25, 0.3) is 5.91 Å². The molecule has 1 saturated carbocycles. The third kappa shape index (κ3) is 2.85. The lowest BCUT2D eigenvalue weighted by Crippen LogP contribution is -2.33. The first-order valence-electron chi connectivity index (χ1n) is 6.87. The van der Waals surface area contributed by atoms with Crippen LogP contribution in [0.3, 0.4) is 0 Å². The molecule has 2 aromatic rings. The molecule has 102 valence electrons. The van der Waals surface area contributed by atoms with E-state index in [4.69, 9.17) is 0 Å². The maximum atomic E-state index is 12.6. The normalized spacial score (nSPS) is 14.1. The van der Waals surface area contributed by atoms with E-state index in [9.17, 15) is 4.79 Å². The van der Waals surface area contributed by atoms with Crippen LogP contribution >= 0.6 is 0 Å². The highest BCUT2D eigenvalue weighted by molar-refractivity contribution is 5.94. The molecule has 0 radical (unpaired) electrons. The molecule has 1 amide bonds. The molecule has 4 heteroatoms. The van der Waals surface area contributed by atoms with E-state index in [0.717, 1.165) is 24.2 Å². The van der Waals surface area contributed by atoms with Crippen molar-refractivity contribution >= 4 is 5.91 Å². The second-order valence-electron chi connectivity index (χ2n) is 5.17. The van der Waals surface area contributed by atoms with E-state index in [2.05, 4.69) is 9.97 Å². The first-order chi connectivity index (χ1) is 9.74. The van der Waals surface area contributed by atoms with Gasteiger partial charge < -0.3 is 4.90 Å². The average Bonchev–Trinajstić information content (AvgIpc) is 3.30. The lowest BCUT2D eigenvalue weighted by atomic mass is 10.2. The van der Waals surface area contributed by atoms with Crippen molar-refractivity contribution < 1.29 is 4.79 Å². The topological polar surface area (TPSA) is 46.1 Å². The van der Waals surface area contributed by atoms with E-state index >= 15 is 0 Å². The van der Waals surface area contributed by atoms with Crippen LogP contribution in [0.1, 0.15) is 34.6 Å². The highest BCUT2D eigenvalue weighted by Gasteiger charge is 2.33. The SMILES string of the molecule is Cc1ccc(C(=O)N(Cc2ccccn2)C2CC2)cn1. The molecule has 0 atom stereocenters. The van der Waals surface area contributed by atoms with Crippen molar-refractivity contribution in [3.63, 3.8) is 0 Å². The number of amides is 1. The third-order valence-corrected chi connectivity index (χ3v) is 3.47. The van der Waals surface area contributed by atoms with Gasteiger partial charge in [-0.15, -0.1) is 0 Å². The smallest absolute Gasteiger partial charge is 0.256 e. The van der Waals surface area contributed by atoms with Gasteiger partial charge in [-0.1, -0.05) is 6.07 Å². The lowest BCUT2D eigenvalue weighted by Gasteiger charge is -2.22. The van der Waals surface area contributed by atoms with Crippen molar-refractivity contribution in [2.75, 3.05) is 0 Å². The molecule has 1 aliphatic rings. The van der Waals surface area contributed by atoms with Crippen LogP contribution in [0.5, 0.6) is 0 Å². The first kappa shape index (κ1) is 12.8. The highest BCUT2D eigenvalue weighted by atomic mass is 16.2. The maximum absolute atomic E-state index is 12.6. The Balaban J connectivity index is 1.80. The minimum Gasteiger partial charge on any atom is -0.330 e. The van der Waals surface area contributed by atoms with Crippen LogP contribution in [0, 0.1) is 6.92 Å². The summed E-state index contributed by atoms with van der Waals surface area (Å²) in [6.45, 7) is 2.49. The molecule has 1 fully saturated rings. The van der Waals surface area contributed by atoms with Crippen LogP contribution < -0.4 is 0 Å². The van der Waals surface area contributed by atoms with Crippen LogP contribution in [-0.2, 0) is 6.54 Å². The molecule has 3 rings (SSSR count). The lowest BCUT2D eigenvalue weighted by molar-refractivity contribution is 0.0727. The molecule has 2 heterocycles. The van der Waals surface area contributed by atoms with Gasteiger partial charge in [0, 0.05) is 24.1 Å². The summed E-state index contributed by atoms with van der Waals surface area (Å²) in [6.07, 6.45) is 5.58. The van der Waals surface area contributed by atoms with Gasteiger partial charge in [-0.25, -0.2) is 0 Å². The Labute approximate surface area is 118 Å². The van der Waals surface area contributed by atoms with Gasteiger partial charge in [-0.05, 0) is 44.0 Å². The summed E-state index contributed by atoms with van der Waals surface area (Å²) < 4.78 is 0. The molecule has 0 N–H and O–H groups in total. The van der Waals surface area contributed by atoms with Crippen molar-refractivity contribution in [3.8, 4) is 0 Å². The van der Waals surface area contributed by atoms with E-state index in [0.29, 0.717) is 18.2 Å². The van der Waals surface area contributed by atoms with Crippen LogP contribution in [0.2, 0.25) is 0 Å². The Bertz CT molecular complexity index is 591. The van der Waals surface area contributed by atoms with Crippen molar-refractivity contribution in [3.05, 3.63) is 59.7 Å². The molecule has 0 saturated heterocycles. The molecule has 2 aromatic heterocycles. The molecule has 20 heavy (non-hydrogen) atoms. The second kappa shape index (κ2) is 5.41. The predicted molar refractivity (Wildman–Crippen MR) is 76.1 cm³/mol. The molecule has 1 aliphatic carbocycles. The largest absolute Gasteiger partial charge is 0.330 e. The zero-order valence-electron chi connectivity index (χ0n) is 11.5. The minimum atomic E-state index is 0.0469. The fraction of sp³-hybridized carbons (Fsp3) is 0.312. The summed E-state index contributed by atoms with van der Waals surface area (Å²) in [5.41, 5.74) is 2.50. The molecule has 0 spiro atoms. The molecule has 0 aromatic carbocycles. The minimum absolute atomic E-state index is 0.0469. The summed E-state index contributed by atoms with van der Waals surface area (Å²) >= 11 is 0. The van der Waals surface area contributed by atoms with E-state index in [1.54, 1.807) is 12.4 Å². The standard InChI is InChI=1S/C16H17N3O/c1-12-5-6-13(10-18-12)16(20)19(15-7-8-15)11-14-4-2-3-9-17-14/h2-6,9-10,15H,7-8,11H2,1H3. The van der Waals surface area contributed by atoms with Crippen molar-refractivity contribution in [1.29, 1.82) is 0 Å². The summed E-state index contributed by atoms with van der Waals surface area (Å²) in [7, 11) is 0. The molecular weight excluding hydrogens is 250 g/mol. The second-order valence-corrected chi connectivity index (χ2v) is 5.17. The zero-order chi connectivity index (χ0) is 13.9. The van der Waals surface area contributed by atoms with Crippen molar-refractivity contribution in [2.24, 2.45) is 0 Å². The third-order valence-electron chi connectivity index (χ3n) is 3.47. The summed E-state index contributed by atoms with van der Waals surface area (Å²) in [6, 6.07) is 9.86. The number of aromatic nitrogens is 2. The summed E-state index contributed by atoms with van der Waals surface area (Å²) in [5, 5.41) is 0. The quantitative estimate of drug-likeness (QED) is 0.855. The number of carbonyl (C=O) groups excluding carboxylic acids is 1. The molecule has 0 unspecified atom stereocenters. The van der Waals surface area contributed by atoms with Crippen LogP contribution in [0.4, 0.5) is 0 Å². The monoisotopic (exact) mass is 267 g/mol. The van der Waals surface area contributed by atoms with E-state index in [1.807, 2.05) is 42.2 Å². The number of carbonyl (C=O) groups is 1. The molecule has 0 bridgehead atoms. The Morgan fingerprint density at radius 1 is 1.25 bits per heavy atom. The number of aryl methyl sites for hydroxylation is 1. The molecule has 4 nitrogen and oxygen atoms in total. The number of pyridine rings is 2. The van der Waals surface area contributed by atoms with Gasteiger partial charge in [-0.2, -0.15) is 0 Å². The van der Waals surface area contributed by atoms with Gasteiger partial charge in [-0.3, -0.25) is 14.8 Å². The van der Waals surface area contributed by atoms with Gasteiger partial charge in [0.15, 0.2) is 0 Å². The number of hydrogen-bond acceptors (Lipinski definition) is 3. The maximum Gasteiger partial charge on any atom is 0.256 e. The number of rotatable bonds is 4. The van der Waals surface area contributed by atoms with E-state index < -0.39 is 0 Å². The summed E-state index contributed by atoms with van der Waals surface area (Å²) in [4.78, 5) is 23.0. The number of nitrogens with zero attached hydrogens (tertiary/aromatic N) is 3. The van der Waals surface area contributed by atoms with E-state index in [1.165, 1.54) is 0 Å². The highest BCUT2D eigenvalue weighted by Crippen LogP contribution is 2.29. The van der Waals surface area contributed by atoms with Gasteiger partial charge in [0.05, 0.1) is 17.8 Å². The molecular formula is C16H17N3O. The van der Waals surface area contributed by atoms with Gasteiger partial charge >= 0.3 is 0 Å². The fourth-order valence-corrected chi connectivity index (χ4v) is 2.18. The Kier molecular flexibility index (Phi) is 3.46. The molecule has 0 aliphatic heterocycles.